The van der Waals surface area contributed by atoms with E-state index < -0.39 is 6.10 Å². The maximum atomic E-state index is 11.3. The van der Waals surface area contributed by atoms with E-state index in [4.69, 9.17) is 10.6 Å². The molecule has 0 fully saturated rings. The molecule has 0 aliphatic rings. The second-order valence-electron chi connectivity index (χ2n) is 4.20. The van der Waals surface area contributed by atoms with Crippen LogP contribution in [0.1, 0.15) is 59.3 Å². The molecule has 0 aromatic rings. The van der Waals surface area contributed by atoms with Gasteiger partial charge in [-0.2, -0.15) is 0 Å². The second kappa shape index (κ2) is 9.60. The molecule has 2 atom stereocenters. The van der Waals surface area contributed by atoms with E-state index in [9.17, 15) is 4.79 Å². The van der Waals surface area contributed by atoms with Gasteiger partial charge in [-0.1, -0.05) is 39.5 Å². The number of hydrogen-bond donors (Lipinski definition) is 2. The Hall–Kier alpha value is -0.610. The highest BCUT2D eigenvalue weighted by atomic mass is 16.5. The first-order valence-electron chi connectivity index (χ1n) is 6.31. The Morgan fingerprint density at radius 2 is 2.00 bits per heavy atom. The summed E-state index contributed by atoms with van der Waals surface area (Å²) in [7, 11) is 0. The summed E-state index contributed by atoms with van der Waals surface area (Å²) in [5, 5.41) is 0. The first-order chi connectivity index (χ1) is 7.65. The second-order valence-corrected chi connectivity index (χ2v) is 4.20. The Bertz CT molecular complexity index is 186. The fraction of sp³-hybridized carbons (Fsp3) is 0.917. The number of amides is 1. The lowest BCUT2D eigenvalue weighted by molar-refractivity contribution is -0.136. The average molecular weight is 230 g/mol. The van der Waals surface area contributed by atoms with E-state index in [2.05, 4.69) is 12.3 Å². The van der Waals surface area contributed by atoms with Crippen molar-refractivity contribution in [3.63, 3.8) is 0 Å². The average Bonchev–Trinajstić information content (AvgIpc) is 2.30. The maximum absolute atomic E-state index is 11.3. The lowest BCUT2D eigenvalue weighted by Gasteiger charge is -2.19. The predicted octanol–water partition coefficient (Wildman–Crippen LogP) is 2.13. The summed E-state index contributed by atoms with van der Waals surface area (Å²) in [5.74, 6) is 4.85. The summed E-state index contributed by atoms with van der Waals surface area (Å²) < 4.78 is 5.64. The van der Waals surface area contributed by atoms with Crippen molar-refractivity contribution in [1.29, 1.82) is 0 Å². The lowest BCUT2D eigenvalue weighted by Crippen LogP contribution is -2.41. The summed E-state index contributed by atoms with van der Waals surface area (Å²) in [4.78, 5) is 11.3. The van der Waals surface area contributed by atoms with Crippen LogP contribution in [0.3, 0.4) is 0 Å². The molecule has 0 rings (SSSR count). The third kappa shape index (κ3) is 6.80. The van der Waals surface area contributed by atoms with Crippen molar-refractivity contribution in [3.8, 4) is 0 Å². The van der Waals surface area contributed by atoms with Crippen LogP contribution in [0.2, 0.25) is 0 Å². The van der Waals surface area contributed by atoms with Gasteiger partial charge in [0.2, 0.25) is 0 Å². The van der Waals surface area contributed by atoms with Crippen LogP contribution in [0.25, 0.3) is 0 Å². The van der Waals surface area contributed by atoms with E-state index in [0.717, 1.165) is 12.8 Å². The molecular formula is C12H26N2O2. The number of ether oxygens (including phenoxy) is 1. The minimum Gasteiger partial charge on any atom is -0.365 e. The summed E-state index contributed by atoms with van der Waals surface area (Å²) in [6, 6.07) is 0. The zero-order valence-electron chi connectivity index (χ0n) is 10.8. The van der Waals surface area contributed by atoms with Crippen molar-refractivity contribution < 1.29 is 9.53 Å². The molecule has 0 aliphatic heterocycles. The van der Waals surface area contributed by atoms with Gasteiger partial charge in [0.15, 0.2) is 0 Å². The zero-order valence-corrected chi connectivity index (χ0v) is 10.8. The van der Waals surface area contributed by atoms with Gasteiger partial charge in [0.25, 0.3) is 5.91 Å². The first-order valence-corrected chi connectivity index (χ1v) is 6.31. The van der Waals surface area contributed by atoms with Crippen LogP contribution in [0.15, 0.2) is 0 Å². The summed E-state index contributed by atoms with van der Waals surface area (Å²) >= 11 is 0. The number of hydrogen-bond acceptors (Lipinski definition) is 3. The van der Waals surface area contributed by atoms with Gasteiger partial charge in [-0.15, -0.1) is 0 Å². The van der Waals surface area contributed by atoms with Crippen LogP contribution in [-0.2, 0) is 9.53 Å². The van der Waals surface area contributed by atoms with E-state index >= 15 is 0 Å². The molecule has 0 radical (unpaired) electrons. The molecule has 3 N–H and O–H groups in total. The van der Waals surface area contributed by atoms with E-state index in [1.54, 1.807) is 0 Å². The van der Waals surface area contributed by atoms with Crippen LogP contribution in [0.4, 0.5) is 0 Å². The Kier molecular flexibility index (Phi) is 9.24. The number of nitrogens with one attached hydrogen (secondary N) is 1. The van der Waals surface area contributed by atoms with Crippen molar-refractivity contribution in [2.24, 2.45) is 5.84 Å². The summed E-state index contributed by atoms with van der Waals surface area (Å²) in [6.45, 7) is 6.13. The molecule has 0 aromatic heterocycles. The van der Waals surface area contributed by atoms with E-state index in [0.29, 0.717) is 6.42 Å². The molecule has 2 unspecified atom stereocenters. The molecule has 4 nitrogen and oxygen atoms in total. The van der Waals surface area contributed by atoms with Crippen molar-refractivity contribution in [2.75, 3.05) is 0 Å². The van der Waals surface area contributed by atoms with E-state index in [1.807, 2.05) is 13.8 Å². The molecule has 96 valence electrons. The van der Waals surface area contributed by atoms with Crippen molar-refractivity contribution in [2.45, 2.75) is 71.5 Å². The predicted molar refractivity (Wildman–Crippen MR) is 65.7 cm³/mol. The standard InChI is InChI=1S/C12H26N2O2/c1-4-6-7-8-9-10(3)16-11(5-2)12(15)14-13/h10-11H,4-9,13H2,1-3H3,(H,14,15). The minimum absolute atomic E-state index is 0.124. The molecule has 4 heteroatoms. The summed E-state index contributed by atoms with van der Waals surface area (Å²) in [5.41, 5.74) is 2.13. The fourth-order valence-corrected chi connectivity index (χ4v) is 1.64. The lowest BCUT2D eigenvalue weighted by atomic mass is 10.1. The first kappa shape index (κ1) is 15.4. The Labute approximate surface area is 98.9 Å². The summed E-state index contributed by atoms with van der Waals surface area (Å²) in [6.07, 6.45) is 6.29. The highest BCUT2D eigenvalue weighted by molar-refractivity contribution is 5.80. The van der Waals surface area contributed by atoms with E-state index in [1.165, 1.54) is 19.3 Å². The van der Waals surface area contributed by atoms with Gasteiger partial charge in [0, 0.05) is 0 Å². The molecular weight excluding hydrogens is 204 g/mol. The Morgan fingerprint density at radius 1 is 1.31 bits per heavy atom. The molecule has 0 saturated heterocycles. The SMILES string of the molecule is CCCCCCC(C)OC(CC)C(=O)NN. The quantitative estimate of drug-likeness (QED) is 0.276. The fourth-order valence-electron chi connectivity index (χ4n) is 1.64. The van der Waals surface area contributed by atoms with Crippen LogP contribution >= 0.6 is 0 Å². The molecule has 0 heterocycles. The maximum Gasteiger partial charge on any atom is 0.262 e. The number of hydrazine groups is 1. The molecule has 0 aliphatic carbocycles. The van der Waals surface area contributed by atoms with Crippen LogP contribution in [-0.4, -0.2) is 18.1 Å². The van der Waals surface area contributed by atoms with Gasteiger partial charge in [-0.05, 0) is 19.8 Å². The van der Waals surface area contributed by atoms with E-state index in [-0.39, 0.29) is 12.0 Å². The van der Waals surface area contributed by atoms with Gasteiger partial charge < -0.3 is 4.74 Å². The van der Waals surface area contributed by atoms with Crippen LogP contribution in [0.5, 0.6) is 0 Å². The normalized spacial score (nSPS) is 14.5. The minimum atomic E-state index is -0.411. The number of rotatable bonds is 9. The zero-order chi connectivity index (χ0) is 12.4. The Balaban J connectivity index is 3.74. The molecule has 0 saturated carbocycles. The molecule has 16 heavy (non-hydrogen) atoms. The smallest absolute Gasteiger partial charge is 0.262 e. The number of nitrogens with two attached hydrogens (primary N) is 1. The monoisotopic (exact) mass is 230 g/mol. The Morgan fingerprint density at radius 3 is 2.50 bits per heavy atom. The van der Waals surface area contributed by atoms with Crippen molar-refractivity contribution >= 4 is 5.91 Å². The topological polar surface area (TPSA) is 64.3 Å². The van der Waals surface area contributed by atoms with Crippen molar-refractivity contribution in [3.05, 3.63) is 0 Å². The van der Waals surface area contributed by atoms with Gasteiger partial charge in [-0.3, -0.25) is 10.2 Å². The number of carbonyl (C=O) groups excluding carboxylic acids is 1. The molecule has 0 bridgehead atoms. The largest absolute Gasteiger partial charge is 0.365 e. The molecule has 0 spiro atoms. The third-order valence-electron chi connectivity index (χ3n) is 2.67. The number of unbranched alkanes of at least 4 members (excludes halogenated alkanes) is 3. The van der Waals surface area contributed by atoms with Crippen LogP contribution < -0.4 is 11.3 Å². The molecule has 0 aromatic carbocycles. The highest BCUT2D eigenvalue weighted by Gasteiger charge is 2.18. The van der Waals surface area contributed by atoms with Gasteiger partial charge >= 0.3 is 0 Å². The third-order valence-corrected chi connectivity index (χ3v) is 2.67. The number of carbonyl (C=O) groups is 1. The molecule has 1 amide bonds. The van der Waals surface area contributed by atoms with Crippen molar-refractivity contribution in [1.82, 2.24) is 5.43 Å². The van der Waals surface area contributed by atoms with Gasteiger partial charge in [-0.25, -0.2) is 5.84 Å². The highest BCUT2D eigenvalue weighted by Crippen LogP contribution is 2.11. The van der Waals surface area contributed by atoms with Crippen LogP contribution in [0, 0.1) is 0 Å². The van der Waals surface area contributed by atoms with Gasteiger partial charge in [0.05, 0.1) is 6.10 Å². The van der Waals surface area contributed by atoms with Gasteiger partial charge in [0.1, 0.15) is 6.10 Å².